The molecule has 0 aliphatic carbocycles. The lowest BCUT2D eigenvalue weighted by molar-refractivity contribution is -0.384. The number of rotatable bonds is 7. The Labute approximate surface area is 182 Å². The minimum Gasteiger partial charge on any atom is -0.496 e. The summed E-state index contributed by atoms with van der Waals surface area (Å²) in [5.41, 5.74) is 0.988. The zero-order chi connectivity index (χ0) is 21.7. The maximum Gasteiger partial charge on any atom is 0.273 e. The number of benzene rings is 4. The van der Waals surface area contributed by atoms with Gasteiger partial charge < -0.3 is 4.74 Å². The van der Waals surface area contributed by atoms with Crippen molar-refractivity contribution in [3.63, 3.8) is 0 Å². The van der Waals surface area contributed by atoms with Crippen molar-refractivity contribution in [1.29, 1.82) is 0 Å². The van der Waals surface area contributed by atoms with Crippen LogP contribution < -0.4 is 20.7 Å². The number of ether oxygens (including phenoxy) is 1. The van der Waals surface area contributed by atoms with Crippen molar-refractivity contribution in [2.75, 3.05) is 7.11 Å². The maximum absolute atomic E-state index is 11.3. The second-order valence-electron chi connectivity index (χ2n) is 7.23. The first-order valence-electron chi connectivity index (χ1n) is 10.0. The van der Waals surface area contributed by atoms with Gasteiger partial charge in [0.2, 0.25) is 0 Å². The maximum atomic E-state index is 11.3. The van der Waals surface area contributed by atoms with Crippen LogP contribution in [0.3, 0.4) is 0 Å². The van der Waals surface area contributed by atoms with E-state index in [0.717, 1.165) is 5.56 Å². The second kappa shape index (κ2) is 9.11. The molecule has 0 fully saturated rings. The molecule has 4 nitrogen and oxygen atoms in total. The molecular formula is C26H23NO3P+. The Morgan fingerprint density at radius 2 is 1.19 bits per heavy atom. The Hall–Kier alpha value is -3.49. The van der Waals surface area contributed by atoms with Gasteiger partial charge in [-0.3, -0.25) is 10.1 Å². The predicted molar refractivity (Wildman–Crippen MR) is 129 cm³/mol. The van der Waals surface area contributed by atoms with Crippen LogP contribution in [-0.2, 0) is 6.16 Å². The Morgan fingerprint density at radius 3 is 1.58 bits per heavy atom. The van der Waals surface area contributed by atoms with Crippen LogP contribution in [0.15, 0.2) is 109 Å². The summed E-state index contributed by atoms with van der Waals surface area (Å²) in [4.78, 5) is 10.9. The normalized spacial score (nSPS) is 11.1. The molecule has 31 heavy (non-hydrogen) atoms. The third kappa shape index (κ3) is 4.08. The summed E-state index contributed by atoms with van der Waals surface area (Å²) >= 11 is 0. The van der Waals surface area contributed by atoms with Gasteiger partial charge >= 0.3 is 0 Å². The number of non-ortho nitro benzene ring substituents is 1. The molecular weight excluding hydrogens is 405 g/mol. The highest BCUT2D eigenvalue weighted by molar-refractivity contribution is 7.95. The Kier molecular flexibility index (Phi) is 6.11. The second-order valence-corrected chi connectivity index (χ2v) is 10.7. The Bertz CT molecular complexity index is 1070. The topological polar surface area (TPSA) is 52.4 Å². The summed E-state index contributed by atoms with van der Waals surface area (Å²) in [5.74, 6) is 0.543. The summed E-state index contributed by atoms with van der Waals surface area (Å²) in [5, 5.41) is 15.1. The molecule has 0 aromatic heterocycles. The van der Waals surface area contributed by atoms with Crippen LogP contribution in [0.4, 0.5) is 5.69 Å². The number of nitro groups is 1. The molecule has 0 N–H and O–H groups in total. The van der Waals surface area contributed by atoms with E-state index in [-0.39, 0.29) is 10.6 Å². The zero-order valence-corrected chi connectivity index (χ0v) is 18.1. The van der Waals surface area contributed by atoms with Crippen molar-refractivity contribution in [3.05, 3.63) is 125 Å². The average molecular weight is 428 g/mol. The van der Waals surface area contributed by atoms with Crippen LogP contribution in [0, 0.1) is 10.1 Å². The standard InChI is InChI=1S/C26H23NO3P/c1-30-26-19-22(27(28)29)18-17-21(26)20-31(23-11-5-2-6-12-23,24-13-7-3-8-14-24)25-15-9-4-10-16-25/h2-19H,20H2,1H3/q+1. The quantitative estimate of drug-likeness (QED) is 0.234. The summed E-state index contributed by atoms with van der Waals surface area (Å²) in [6.07, 6.45) is 0.701. The van der Waals surface area contributed by atoms with Crippen molar-refractivity contribution in [2.24, 2.45) is 0 Å². The third-order valence-corrected chi connectivity index (χ3v) is 9.83. The van der Waals surface area contributed by atoms with Crippen LogP contribution in [0.25, 0.3) is 0 Å². The highest BCUT2D eigenvalue weighted by Gasteiger charge is 2.46. The van der Waals surface area contributed by atoms with Crippen LogP contribution in [-0.4, -0.2) is 12.0 Å². The molecule has 4 rings (SSSR count). The number of hydrogen-bond donors (Lipinski definition) is 0. The van der Waals surface area contributed by atoms with Gasteiger partial charge in [-0.05, 0) is 42.5 Å². The Balaban J connectivity index is 1.98. The fourth-order valence-electron chi connectivity index (χ4n) is 4.00. The summed E-state index contributed by atoms with van der Waals surface area (Å²) < 4.78 is 5.60. The van der Waals surface area contributed by atoms with Gasteiger partial charge in [-0.2, -0.15) is 0 Å². The Morgan fingerprint density at radius 1 is 0.742 bits per heavy atom. The van der Waals surface area contributed by atoms with E-state index in [1.54, 1.807) is 13.2 Å². The van der Waals surface area contributed by atoms with Crippen LogP contribution in [0.5, 0.6) is 5.75 Å². The average Bonchev–Trinajstić information content (AvgIpc) is 2.84. The lowest BCUT2D eigenvalue weighted by atomic mass is 10.2. The first-order valence-corrected chi connectivity index (χ1v) is 12.0. The molecule has 0 atom stereocenters. The molecule has 4 aromatic rings. The van der Waals surface area contributed by atoms with Crippen molar-refractivity contribution >= 4 is 28.9 Å². The van der Waals surface area contributed by atoms with Gasteiger partial charge in [-0.15, -0.1) is 0 Å². The number of hydrogen-bond acceptors (Lipinski definition) is 3. The molecule has 0 aliphatic rings. The highest BCUT2D eigenvalue weighted by Crippen LogP contribution is 2.59. The van der Waals surface area contributed by atoms with Crippen LogP contribution in [0.2, 0.25) is 0 Å². The van der Waals surface area contributed by atoms with Crippen molar-refractivity contribution in [2.45, 2.75) is 6.16 Å². The molecule has 0 saturated carbocycles. The first-order chi connectivity index (χ1) is 15.1. The van der Waals surface area contributed by atoms with Gasteiger partial charge in [0.1, 0.15) is 35.1 Å². The molecule has 0 heterocycles. The number of methoxy groups -OCH3 is 1. The molecule has 0 bridgehead atoms. The van der Waals surface area contributed by atoms with E-state index in [4.69, 9.17) is 4.74 Å². The SMILES string of the molecule is COc1cc([N+](=O)[O-])ccc1C[P+](c1ccccc1)(c1ccccc1)c1ccccc1. The highest BCUT2D eigenvalue weighted by atomic mass is 31.2. The summed E-state index contributed by atoms with van der Waals surface area (Å²) in [6, 6.07) is 36.6. The molecule has 0 spiro atoms. The molecule has 5 heteroatoms. The van der Waals surface area contributed by atoms with Gasteiger partial charge in [0.25, 0.3) is 5.69 Å². The lowest BCUT2D eigenvalue weighted by Gasteiger charge is -2.28. The smallest absolute Gasteiger partial charge is 0.273 e. The molecule has 4 aromatic carbocycles. The van der Waals surface area contributed by atoms with E-state index in [9.17, 15) is 10.1 Å². The van der Waals surface area contributed by atoms with E-state index in [1.807, 2.05) is 24.3 Å². The monoisotopic (exact) mass is 428 g/mol. The van der Waals surface area contributed by atoms with Crippen LogP contribution >= 0.6 is 7.26 Å². The minimum atomic E-state index is -2.10. The zero-order valence-electron chi connectivity index (χ0n) is 17.2. The van der Waals surface area contributed by atoms with Crippen LogP contribution in [0.1, 0.15) is 5.56 Å². The third-order valence-electron chi connectivity index (χ3n) is 5.48. The molecule has 0 aliphatic heterocycles. The van der Waals surface area contributed by atoms with Crippen molar-refractivity contribution in [3.8, 4) is 5.75 Å². The predicted octanol–water partition coefficient (Wildman–Crippen LogP) is 5.10. The first kappa shape index (κ1) is 20.8. The van der Waals surface area contributed by atoms with E-state index < -0.39 is 7.26 Å². The van der Waals surface area contributed by atoms with E-state index in [1.165, 1.54) is 22.0 Å². The fourth-order valence-corrected chi connectivity index (χ4v) is 8.26. The summed E-state index contributed by atoms with van der Waals surface area (Å²) in [6.45, 7) is 0. The molecule has 154 valence electrons. The molecule has 0 saturated heterocycles. The van der Waals surface area contributed by atoms with Crippen molar-refractivity contribution in [1.82, 2.24) is 0 Å². The van der Waals surface area contributed by atoms with Gasteiger partial charge in [0, 0.05) is 11.6 Å². The summed E-state index contributed by atoms with van der Waals surface area (Å²) in [7, 11) is -0.538. The van der Waals surface area contributed by atoms with Gasteiger partial charge in [-0.25, -0.2) is 0 Å². The lowest BCUT2D eigenvalue weighted by Crippen LogP contribution is -2.32. The molecule has 0 unspecified atom stereocenters. The van der Waals surface area contributed by atoms with Gasteiger partial charge in [0.05, 0.1) is 18.1 Å². The number of nitrogens with zero attached hydrogens (tertiary/aromatic N) is 1. The molecule has 0 radical (unpaired) electrons. The fraction of sp³-hybridized carbons (Fsp3) is 0.0769. The van der Waals surface area contributed by atoms with Crippen molar-refractivity contribution < 1.29 is 9.66 Å². The number of nitro benzene ring substituents is 1. The van der Waals surface area contributed by atoms with E-state index >= 15 is 0 Å². The minimum absolute atomic E-state index is 0.0312. The largest absolute Gasteiger partial charge is 0.496 e. The van der Waals surface area contributed by atoms with E-state index in [2.05, 4.69) is 72.8 Å². The molecule has 0 amide bonds. The van der Waals surface area contributed by atoms with Gasteiger partial charge in [0.15, 0.2) is 0 Å². The van der Waals surface area contributed by atoms with E-state index in [0.29, 0.717) is 11.9 Å². The van der Waals surface area contributed by atoms with Gasteiger partial charge in [-0.1, -0.05) is 54.6 Å².